The number of Topliss-reactive ketones (excluding diaryl/α,β-unsaturated/α-hetero) is 6. The monoisotopic (exact) mass is 624 g/mol. The molecule has 0 radical (unpaired) electrons. The van der Waals surface area contributed by atoms with E-state index in [-0.39, 0.29) is 128 Å². The Hall–Kier alpha value is -0.694. The van der Waals surface area contributed by atoms with E-state index in [0.717, 1.165) is 0 Å². The van der Waals surface area contributed by atoms with Crippen LogP contribution in [0.5, 0.6) is 0 Å². The van der Waals surface area contributed by atoms with E-state index >= 15 is 0 Å². The molecule has 6 nitrogen and oxygen atoms in total. The van der Waals surface area contributed by atoms with Crippen LogP contribution < -0.4 is 0 Å². The van der Waals surface area contributed by atoms with Crippen molar-refractivity contribution >= 4 is 34.7 Å². The molecule has 0 fully saturated rings. The second kappa shape index (κ2) is 21.6. The van der Waals surface area contributed by atoms with Gasteiger partial charge in [0.2, 0.25) is 0 Å². The maximum atomic E-state index is 11.0. The van der Waals surface area contributed by atoms with Crippen LogP contribution in [0.3, 0.4) is 0 Å². The Bertz CT molecular complexity index is 514. The van der Waals surface area contributed by atoms with E-state index in [1.807, 2.05) is 0 Å². The standard InChI is InChI=1S/3C9H15O2.Tb/c3*1-6(2)8(10)5-9(11)7(3)4;/h3*6-7H,1,5H2,2-4H3;/q3*-1;+3. The second-order valence-electron chi connectivity index (χ2n) is 9.50. The van der Waals surface area contributed by atoms with Crippen LogP contribution in [-0.4, -0.2) is 34.7 Å². The zero-order chi connectivity index (χ0) is 27.0. The summed E-state index contributed by atoms with van der Waals surface area (Å²) in [6.07, 6.45) is 0.132. The van der Waals surface area contributed by atoms with Crippen LogP contribution in [-0.2, 0) is 28.8 Å². The summed E-state index contributed by atoms with van der Waals surface area (Å²) in [7, 11) is 0. The molecule has 0 amide bonds. The van der Waals surface area contributed by atoms with Gasteiger partial charge in [0.25, 0.3) is 0 Å². The van der Waals surface area contributed by atoms with Gasteiger partial charge >= 0.3 is 38.6 Å². The van der Waals surface area contributed by atoms with Gasteiger partial charge in [-0.25, -0.2) is 0 Å². The van der Waals surface area contributed by atoms with E-state index in [2.05, 4.69) is 20.8 Å². The molecule has 0 spiro atoms. The summed E-state index contributed by atoms with van der Waals surface area (Å²) in [5, 5.41) is 0. The number of carbonyl (C=O) groups excluding carboxylic acids is 6. The van der Waals surface area contributed by atoms with E-state index in [1.165, 1.54) is 0 Å². The average Bonchev–Trinajstić information content (AvgIpc) is 2.67. The van der Waals surface area contributed by atoms with Crippen LogP contribution in [0.25, 0.3) is 0 Å². The third kappa shape index (κ3) is 23.1. The van der Waals surface area contributed by atoms with Gasteiger partial charge in [0.05, 0.1) is 19.3 Å². The molecule has 7 heteroatoms. The quantitative estimate of drug-likeness (QED) is 0.226. The zero-order valence-electron chi connectivity index (χ0n) is 22.5. The summed E-state index contributed by atoms with van der Waals surface area (Å²) in [6, 6.07) is 0. The summed E-state index contributed by atoms with van der Waals surface area (Å²) in [6.45, 7) is 26.5. The fourth-order valence-corrected chi connectivity index (χ4v) is 1.65. The molecular weight excluding hydrogens is 579 g/mol. The first-order valence-electron chi connectivity index (χ1n) is 11.5. The van der Waals surface area contributed by atoms with E-state index < -0.39 is 0 Å². The molecule has 0 rings (SSSR count). The van der Waals surface area contributed by atoms with Crippen LogP contribution >= 0.6 is 0 Å². The number of hydrogen-bond donors (Lipinski definition) is 0. The molecule has 0 saturated carbocycles. The van der Waals surface area contributed by atoms with Gasteiger partial charge in [-0.15, -0.1) is 17.8 Å². The van der Waals surface area contributed by atoms with Crippen LogP contribution in [0.1, 0.15) is 81.6 Å². The fraction of sp³-hybridized carbons (Fsp3) is 0.667. The van der Waals surface area contributed by atoms with Crippen LogP contribution in [0, 0.1) is 94.9 Å². The zero-order valence-corrected chi connectivity index (χ0v) is 24.6. The van der Waals surface area contributed by atoms with Gasteiger partial charge in [-0.3, -0.25) is 14.4 Å². The summed E-state index contributed by atoms with van der Waals surface area (Å²) < 4.78 is 0. The van der Waals surface area contributed by atoms with Gasteiger partial charge in [-0.2, -0.15) is 0 Å². The van der Waals surface area contributed by atoms with Gasteiger partial charge in [0.15, 0.2) is 0 Å². The summed E-state index contributed by atoms with van der Waals surface area (Å²) in [5.74, 6) is -1.11. The number of rotatable bonds is 12. The topological polar surface area (TPSA) is 102 Å². The SMILES string of the molecule is [CH2-]C(C)C(=O)CC(=O)C(C)C.[CH2-]C(C)C(=O)CC(=O)C(C)C.[CH2-]C(C)C(=O)CC(=O)C(C)C.[Tb+3]. The second-order valence-corrected chi connectivity index (χ2v) is 9.50. The molecule has 3 unspecified atom stereocenters. The molecule has 198 valence electrons. The Labute approximate surface area is 238 Å². The first-order valence-corrected chi connectivity index (χ1v) is 11.5. The Kier molecular flexibility index (Phi) is 25.7. The summed E-state index contributed by atoms with van der Waals surface area (Å²) in [5.41, 5.74) is 0. The molecule has 0 aliphatic heterocycles. The van der Waals surface area contributed by atoms with Crippen molar-refractivity contribution in [3.05, 3.63) is 20.8 Å². The van der Waals surface area contributed by atoms with Crippen LogP contribution in [0.2, 0.25) is 0 Å². The van der Waals surface area contributed by atoms with Crippen molar-refractivity contribution < 1.29 is 67.4 Å². The molecule has 0 heterocycles. The van der Waals surface area contributed by atoms with Crippen molar-refractivity contribution in [3.63, 3.8) is 0 Å². The molecule has 0 N–H and O–H groups in total. The molecule has 0 aliphatic rings. The van der Waals surface area contributed by atoms with Gasteiger partial charge in [-0.05, 0) is 0 Å². The molecule has 34 heavy (non-hydrogen) atoms. The Morgan fingerprint density at radius 3 is 0.647 bits per heavy atom. The van der Waals surface area contributed by atoms with Crippen molar-refractivity contribution in [2.45, 2.75) is 81.6 Å². The van der Waals surface area contributed by atoms with Crippen molar-refractivity contribution in [2.75, 3.05) is 0 Å². The normalized spacial score (nSPS) is 12.8. The van der Waals surface area contributed by atoms with Crippen LogP contribution in [0.15, 0.2) is 0 Å². The third-order valence-corrected chi connectivity index (χ3v) is 4.63. The van der Waals surface area contributed by atoms with Crippen molar-refractivity contribution in [1.82, 2.24) is 0 Å². The maximum Gasteiger partial charge on any atom is 3.00 e. The van der Waals surface area contributed by atoms with Gasteiger partial charge in [0, 0.05) is 17.8 Å². The maximum absolute atomic E-state index is 11.0. The van der Waals surface area contributed by atoms with Gasteiger partial charge < -0.3 is 35.2 Å². The number of ketones is 6. The minimum atomic E-state index is -0.266. The Morgan fingerprint density at radius 2 is 0.559 bits per heavy atom. The first-order chi connectivity index (χ1) is 14.8. The van der Waals surface area contributed by atoms with Crippen molar-refractivity contribution in [3.8, 4) is 0 Å². The minimum Gasteiger partial charge on any atom is -0.333 e. The largest absolute Gasteiger partial charge is 3.00 e. The van der Waals surface area contributed by atoms with Gasteiger partial charge in [0.1, 0.15) is 34.7 Å². The molecule has 0 aromatic heterocycles. The van der Waals surface area contributed by atoms with Gasteiger partial charge in [-0.1, -0.05) is 62.3 Å². The Balaban J connectivity index is -0.000000196. The van der Waals surface area contributed by atoms with E-state index in [0.29, 0.717) is 0 Å². The number of carbonyl (C=O) groups is 6. The summed E-state index contributed by atoms with van der Waals surface area (Å²) in [4.78, 5) is 66.0. The fourth-order valence-electron chi connectivity index (χ4n) is 1.65. The molecule has 0 aromatic carbocycles. The molecule has 0 aromatic rings. The Morgan fingerprint density at radius 1 is 0.412 bits per heavy atom. The molecular formula is C27H45O6Tb. The number of hydrogen-bond acceptors (Lipinski definition) is 6. The van der Waals surface area contributed by atoms with Crippen LogP contribution in [0.4, 0.5) is 0 Å². The first kappa shape index (κ1) is 40.5. The average molecular weight is 625 g/mol. The van der Waals surface area contributed by atoms with E-state index in [4.69, 9.17) is 0 Å². The van der Waals surface area contributed by atoms with E-state index in [9.17, 15) is 28.8 Å². The molecule has 0 bridgehead atoms. The minimum absolute atomic E-state index is 0. The predicted molar refractivity (Wildman–Crippen MR) is 132 cm³/mol. The summed E-state index contributed by atoms with van der Waals surface area (Å²) >= 11 is 0. The van der Waals surface area contributed by atoms with Crippen molar-refractivity contribution in [2.24, 2.45) is 35.5 Å². The molecule has 0 saturated heterocycles. The van der Waals surface area contributed by atoms with Crippen molar-refractivity contribution in [1.29, 1.82) is 0 Å². The van der Waals surface area contributed by atoms with E-state index in [1.54, 1.807) is 62.3 Å². The smallest absolute Gasteiger partial charge is 0.333 e. The third-order valence-electron chi connectivity index (χ3n) is 4.63. The predicted octanol–water partition coefficient (Wildman–Crippen LogP) is 4.92. The molecule has 0 aliphatic carbocycles. The molecule has 3 atom stereocenters.